The van der Waals surface area contributed by atoms with Gasteiger partial charge in [-0.1, -0.05) is 12.1 Å². The van der Waals surface area contributed by atoms with Gasteiger partial charge in [0, 0.05) is 19.4 Å². The molecule has 5 nitrogen and oxygen atoms in total. The molecule has 6 heteroatoms. The Morgan fingerprint density at radius 3 is 2.76 bits per heavy atom. The lowest BCUT2D eigenvalue weighted by molar-refractivity contribution is -0.141. The van der Waals surface area contributed by atoms with Crippen LogP contribution in [-0.4, -0.2) is 29.3 Å². The molecule has 1 saturated heterocycles. The van der Waals surface area contributed by atoms with Gasteiger partial charge in [0.2, 0.25) is 11.8 Å². The number of furan rings is 1. The van der Waals surface area contributed by atoms with Crippen molar-refractivity contribution in [1.29, 1.82) is 0 Å². The summed E-state index contributed by atoms with van der Waals surface area (Å²) >= 11 is 0. The molecule has 0 spiro atoms. The molecular weight excluding hydrogens is 323 g/mol. The Morgan fingerprint density at radius 1 is 1.20 bits per heavy atom. The molecule has 1 aromatic carbocycles. The Balaban J connectivity index is 1.63. The lowest BCUT2D eigenvalue weighted by Crippen LogP contribution is -2.50. The van der Waals surface area contributed by atoms with Crippen LogP contribution in [0.3, 0.4) is 0 Å². The van der Waals surface area contributed by atoms with Crippen molar-refractivity contribution in [2.75, 3.05) is 6.54 Å². The van der Waals surface area contributed by atoms with E-state index in [1.807, 2.05) is 0 Å². The first-order valence-corrected chi connectivity index (χ1v) is 8.48. The lowest BCUT2D eigenvalue weighted by Gasteiger charge is -2.33. The molecule has 132 valence electrons. The van der Waals surface area contributed by atoms with E-state index >= 15 is 0 Å². The second-order valence-electron chi connectivity index (χ2n) is 6.25. The molecule has 1 aromatic heterocycles. The SMILES string of the molecule is NC(=O)[C@@H]1CCCCN1C(=O)CCc1ccc(-c2ccccc2F)o1. The molecule has 0 unspecified atom stereocenters. The highest BCUT2D eigenvalue weighted by atomic mass is 19.1. The van der Waals surface area contributed by atoms with Gasteiger partial charge in [-0.2, -0.15) is 0 Å². The number of nitrogens with two attached hydrogens (primary N) is 1. The maximum Gasteiger partial charge on any atom is 0.240 e. The highest BCUT2D eigenvalue weighted by molar-refractivity contribution is 5.86. The monoisotopic (exact) mass is 344 g/mol. The second kappa shape index (κ2) is 7.51. The van der Waals surface area contributed by atoms with Crippen LogP contribution < -0.4 is 5.73 Å². The van der Waals surface area contributed by atoms with Crippen molar-refractivity contribution in [2.45, 2.75) is 38.1 Å². The maximum atomic E-state index is 13.8. The number of carbonyl (C=O) groups is 2. The third-order valence-electron chi connectivity index (χ3n) is 4.54. The molecule has 2 amide bonds. The van der Waals surface area contributed by atoms with E-state index in [0.29, 0.717) is 36.5 Å². The lowest BCUT2D eigenvalue weighted by atomic mass is 10.0. The fraction of sp³-hybridized carbons (Fsp3) is 0.368. The number of benzene rings is 1. The van der Waals surface area contributed by atoms with Crippen LogP contribution in [0.1, 0.15) is 31.4 Å². The first kappa shape index (κ1) is 17.2. The minimum Gasteiger partial charge on any atom is -0.461 e. The van der Waals surface area contributed by atoms with E-state index in [2.05, 4.69) is 0 Å². The van der Waals surface area contributed by atoms with Gasteiger partial charge in [0.25, 0.3) is 0 Å². The minimum absolute atomic E-state index is 0.104. The summed E-state index contributed by atoms with van der Waals surface area (Å²) in [4.78, 5) is 25.5. The smallest absolute Gasteiger partial charge is 0.240 e. The Morgan fingerprint density at radius 2 is 2.00 bits per heavy atom. The molecule has 1 atom stereocenters. The number of amides is 2. The van der Waals surface area contributed by atoms with E-state index in [1.165, 1.54) is 6.07 Å². The standard InChI is InChI=1S/C19H21FN2O3/c20-15-6-2-1-5-14(15)17-10-8-13(25-17)9-11-18(23)22-12-4-3-7-16(22)19(21)24/h1-2,5-6,8,10,16H,3-4,7,9,11-12H2,(H2,21,24)/t16-/m0/s1. The Hall–Kier alpha value is -2.63. The molecular formula is C19H21FN2O3. The van der Waals surface area contributed by atoms with E-state index in [9.17, 15) is 14.0 Å². The van der Waals surface area contributed by atoms with Gasteiger partial charge >= 0.3 is 0 Å². The van der Waals surface area contributed by atoms with Crippen molar-refractivity contribution in [2.24, 2.45) is 5.73 Å². The number of halogens is 1. The average molecular weight is 344 g/mol. The van der Waals surface area contributed by atoms with Crippen LogP contribution in [0, 0.1) is 5.82 Å². The highest BCUT2D eigenvalue weighted by Crippen LogP contribution is 2.25. The van der Waals surface area contributed by atoms with Gasteiger partial charge in [-0.3, -0.25) is 9.59 Å². The molecule has 2 aromatic rings. The zero-order valence-electron chi connectivity index (χ0n) is 13.9. The van der Waals surface area contributed by atoms with Crippen LogP contribution in [0.4, 0.5) is 4.39 Å². The normalized spacial score (nSPS) is 17.5. The quantitative estimate of drug-likeness (QED) is 0.906. The van der Waals surface area contributed by atoms with Crippen LogP contribution in [0.2, 0.25) is 0 Å². The predicted molar refractivity (Wildman–Crippen MR) is 91.0 cm³/mol. The van der Waals surface area contributed by atoms with Crippen molar-refractivity contribution in [3.05, 3.63) is 48.0 Å². The summed E-state index contributed by atoms with van der Waals surface area (Å²) < 4.78 is 19.5. The molecule has 1 fully saturated rings. The number of hydrogen-bond acceptors (Lipinski definition) is 3. The summed E-state index contributed by atoms with van der Waals surface area (Å²) in [6.07, 6.45) is 3.04. The van der Waals surface area contributed by atoms with Crippen molar-refractivity contribution in [1.82, 2.24) is 4.90 Å². The largest absolute Gasteiger partial charge is 0.461 e. The number of nitrogens with zero attached hydrogens (tertiary/aromatic N) is 1. The number of aryl methyl sites for hydroxylation is 1. The summed E-state index contributed by atoms with van der Waals surface area (Å²) in [7, 11) is 0. The van der Waals surface area contributed by atoms with Crippen LogP contribution in [0.15, 0.2) is 40.8 Å². The molecule has 2 heterocycles. The third-order valence-corrected chi connectivity index (χ3v) is 4.54. The fourth-order valence-electron chi connectivity index (χ4n) is 3.22. The second-order valence-corrected chi connectivity index (χ2v) is 6.25. The van der Waals surface area contributed by atoms with Crippen molar-refractivity contribution < 1.29 is 18.4 Å². The van der Waals surface area contributed by atoms with E-state index < -0.39 is 11.9 Å². The van der Waals surface area contributed by atoms with Crippen molar-refractivity contribution in [3.63, 3.8) is 0 Å². The fourth-order valence-corrected chi connectivity index (χ4v) is 3.22. The number of primary amides is 1. The molecule has 3 rings (SSSR count). The van der Waals surface area contributed by atoms with Gasteiger partial charge in [0.05, 0.1) is 5.56 Å². The molecule has 0 radical (unpaired) electrons. The number of piperidine rings is 1. The van der Waals surface area contributed by atoms with Crippen LogP contribution in [0.25, 0.3) is 11.3 Å². The summed E-state index contributed by atoms with van der Waals surface area (Å²) in [6, 6.07) is 9.32. The topological polar surface area (TPSA) is 76.5 Å². The number of likely N-dealkylation sites (tertiary alicyclic amines) is 1. The van der Waals surface area contributed by atoms with Gasteiger partial charge in [-0.15, -0.1) is 0 Å². The first-order chi connectivity index (χ1) is 12.1. The minimum atomic E-state index is -0.508. The Kier molecular flexibility index (Phi) is 5.16. The zero-order chi connectivity index (χ0) is 17.8. The maximum absolute atomic E-state index is 13.8. The van der Waals surface area contributed by atoms with Crippen LogP contribution in [0.5, 0.6) is 0 Å². The molecule has 2 N–H and O–H groups in total. The van der Waals surface area contributed by atoms with Gasteiger partial charge in [0.1, 0.15) is 23.4 Å². The van der Waals surface area contributed by atoms with Gasteiger partial charge < -0.3 is 15.1 Å². The van der Waals surface area contributed by atoms with E-state index in [1.54, 1.807) is 35.2 Å². The van der Waals surface area contributed by atoms with Gasteiger partial charge in [-0.05, 0) is 43.5 Å². The van der Waals surface area contributed by atoms with E-state index in [4.69, 9.17) is 10.2 Å². The van der Waals surface area contributed by atoms with E-state index in [-0.39, 0.29) is 18.1 Å². The molecule has 25 heavy (non-hydrogen) atoms. The molecule has 0 aliphatic carbocycles. The molecule has 1 aliphatic rings. The predicted octanol–water partition coefficient (Wildman–Crippen LogP) is 2.88. The van der Waals surface area contributed by atoms with Crippen molar-refractivity contribution in [3.8, 4) is 11.3 Å². The molecule has 0 saturated carbocycles. The summed E-state index contributed by atoms with van der Waals surface area (Å²) in [5.41, 5.74) is 5.79. The van der Waals surface area contributed by atoms with Crippen LogP contribution in [-0.2, 0) is 16.0 Å². The first-order valence-electron chi connectivity index (χ1n) is 8.48. The summed E-state index contributed by atoms with van der Waals surface area (Å²) in [5.74, 6) is 0.144. The van der Waals surface area contributed by atoms with Gasteiger partial charge in [-0.25, -0.2) is 4.39 Å². The molecule has 1 aliphatic heterocycles. The highest BCUT2D eigenvalue weighted by Gasteiger charge is 2.30. The van der Waals surface area contributed by atoms with Gasteiger partial charge in [0.15, 0.2) is 0 Å². The van der Waals surface area contributed by atoms with Crippen LogP contribution >= 0.6 is 0 Å². The number of carbonyl (C=O) groups excluding carboxylic acids is 2. The average Bonchev–Trinajstić information content (AvgIpc) is 3.08. The third kappa shape index (κ3) is 3.90. The summed E-state index contributed by atoms with van der Waals surface area (Å²) in [6.45, 7) is 0.561. The Labute approximate surface area is 145 Å². The zero-order valence-corrected chi connectivity index (χ0v) is 13.9. The molecule has 0 bridgehead atoms. The summed E-state index contributed by atoms with van der Waals surface area (Å²) in [5, 5.41) is 0. The number of rotatable bonds is 5. The van der Waals surface area contributed by atoms with E-state index in [0.717, 1.165) is 12.8 Å². The number of hydrogen-bond donors (Lipinski definition) is 1. The Bertz CT molecular complexity index is 772. The van der Waals surface area contributed by atoms with Crippen molar-refractivity contribution >= 4 is 11.8 Å².